The van der Waals surface area contributed by atoms with Gasteiger partial charge in [-0.15, -0.1) is 11.3 Å². The van der Waals surface area contributed by atoms with Crippen molar-refractivity contribution in [1.29, 1.82) is 0 Å². The second kappa shape index (κ2) is 6.72. The smallest absolute Gasteiger partial charge is 0.356 e. The van der Waals surface area contributed by atoms with Crippen LogP contribution in [0.25, 0.3) is 10.4 Å². The number of benzene rings is 1. The number of carboxylic acid groups (broad SMARTS) is 1. The second-order valence-electron chi connectivity index (χ2n) is 5.07. The van der Waals surface area contributed by atoms with Crippen LogP contribution in [0.3, 0.4) is 0 Å². The van der Waals surface area contributed by atoms with Crippen molar-refractivity contribution in [3.63, 3.8) is 0 Å². The van der Waals surface area contributed by atoms with Gasteiger partial charge in [0.05, 0.1) is 16.5 Å². The summed E-state index contributed by atoms with van der Waals surface area (Å²) in [5.41, 5.74) is 0.960. The van der Waals surface area contributed by atoms with Crippen LogP contribution in [0.2, 0.25) is 0 Å². The zero-order valence-corrected chi connectivity index (χ0v) is 13.2. The van der Waals surface area contributed by atoms with E-state index in [-0.39, 0.29) is 11.6 Å². The molecule has 0 atom stereocenters. The first kappa shape index (κ1) is 15.5. The van der Waals surface area contributed by atoms with Crippen LogP contribution in [0.5, 0.6) is 5.75 Å². The second-order valence-corrected chi connectivity index (χ2v) is 6.10. The summed E-state index contributed by atoms with van der Waals surface area (Å²) >= 11 is 1.43. The van der Waals surface area contributed by atoms with Crippen LogP contribution in [-0.4, -0.2) is 22.7 Å². The third kappa shape index (κ3) is 3.61. The molecule has 0 bridgehead atoms. The Hall–Kier alpha value is -1.88. The van der Waals surface area contributed by atoms with Crippen molar-refractivity contribution < 1.29 is 14.6 Å². The van der Waals surface area contributed by atoms with E-state index in [4.69, 9.17) is 4.74 Å². The lowest BCUT2D eigenvalue weighted by atomic mass is 10.1. The van der Waals surface area contributed by atoms with E-state index >= 15 is 0 Å². The lowest BCUT2D eigenvalue weighted by molar-refractivity contribution is 0.0692. The van der Waals surface area contributed by atoms with Crippen molar-refractivity contribution in [2.24, 2.45) is 0 Å². The average Bonchev–Trinajstić information content (AvgIpc) is 2.91. The van der Waals surface area contributed by atoms with Gasteiger partial charge in [-0.25, -0.2) is 9.78 Å². The predicted molar refractivity (Wildman–Crippen MR) is 84.4 cm³/mol. The first-order chi connectivity index (χ1) is 10.0. The molecule has 1 aromatic carbocycles. The van der Waals surface area contributed by atoms with Crippen LogP contribution in [0, 0.1) is 0 Å². The summed E-state index contributed by atoms with van der Waals surface area (Å²) in [4.78, 5) is 16.3. The van der Waals surface area contributed by atoms with E-state index in [1.54, 1.807) is 0 Å². The monoisotopic (exact) mass is 305 g/mol. The molecule has 112 valence electrons. The zero-order chi connectivity index (χ0) is 15.4. The Bertz CT molecular complexity index is 634. The molecular formula is C16H19NO3S. The largest absolute Gasteiger partial charge is 0.494 e. The molecular weight excluding hydrogens is 286 g/mol. The van der Waals surface area contributed by atoms with Crippen molar-refractivity contribution in [3.8, 4) is 16.2 Å². The molecule has 1 aromatic heterocycles. The van der Waals surface area contributed by atoms with E-state index in [0.717, 1.165) is 22.7 Å². The van der Waals surface area contributed by atoms with Crippen LogP contribution < -0.4 is 4.74 Å². The fourth-order valence-electron chi connectivity index (χ4n) is 1.87. The van der Waals surface area contributed by atoms with Crippen LogP contribution in [-0.2, 0) is 0 Å². The van der Waals surface area contributed by atoms with Crippen molar-refractivity contribution in [3.05, 3.63) is 35.0 Å². The molecule has 5 heteroatoms. The molecule has 0 amide bonds. The number of nitrogens with zero attached hydrogens (tertiary/aromatic N) is 1. The van der Waals surface area contributed by atoms with Gasteiger partial charge in [-0.05, 0) is 24.1 Å². The number of aromatic nitrogens is 1. The Balaban J connectivity index is 2.43. The molecule has 0 unspecified atom stereocenters. The summed E-state index contributed by atoms with van der Waals surface area (Å²) in [5.74, 6) is -0.0282. The highest BCUT2D eigenvalue weighted by Gasteiger charge is 2.20. The molecule has 0 aliphatic rings. The Labute approximate surface area is 128 Å². The van der Waals surface area contributed by atoms with Gasteiger partial charge in [-0.3, -0.25) is 0 Å². The van der Waals surface area contributed by atoms with E-state index in [9.17, 15) is 9.90 Å². The topological polar surface area (TPSA) is 59.4 Å². The highest BCUT2D eigenvalue weighted by molar-refractivity contribution is 7.15. The van der Waals surface area contributed by atoms with Gasteiger partial charge in [0.25, 0.3) is 0 Å². The quantitative estimate of drug-likeness (QED) is 0.858. The van der Waals surface area contributed by atoms with Crippen molar-refractivity contribution in [1.82, 2.24) is 4.98 Å². The summed E-state index contributed by atoms with van der Waals surface area (Å²) < 4.78 is 5.61. The molecule has 1 heterocycles. The van der Waals surface area contributed by atoms with Crippen LogP contribution in [0.4, 0.5) is 0 Å². The SMILES string of the molecule is CCCOc1cccc(-c2sc(C(C)C)nc2C(=O)O)c1. The third-order valence-electron chi connectivity index (χ3n) is 2.91. The molecule has 21 heavy (non-hydrogen) atoms. The fraction of sp³-hybridized carbons (Fsp3) is 0.375. The molecule has 4 nitrogen and oxygen atoms in total. The van der Waals surface area contributed by atoms with E-state index in [1.807, 2.05) is 45.0 Å². The number of carboxylic acids is 1. The van der Waals surface area contributed by atoms with Gasteiger partial charge in [0.1, 0.15) is 5.75 Å². The van der Waals surface area contributed by atoms with E-state index in [0.29, 0.717) is 11.5 Å². The first-order valence-electron chi connectivity index (χ1n) is 7.00. The highest BCUT2D eigenvalue weighted by atomic mass is 32.1. The number of thiazole rings is 1. The molecule has 2 rings (SSSR count). The number of aromatic carboxylic acids is 1. The summed E-state index contributed by atoms with van der Waals surface area (Å²) in [7, 11) is 0. The summed E-state index contributed by atoms with van der Waals surface area (Å²) in [6.45, 7) is 6.71. The Morgan fingerprint density at radius 2 is 2.19 bits per heavy atom. The normalized spacial score (nSPS) is 10.9. The van der Waals surface area contributed by atoms with E-state index in [2.05, 4.69) is 4.98 Å². The number of ether oxygens (including phenoxy) is 1. The lowest BCUT2D eigenvalue weighted by Crippen LogP contribution is -2.00. The molecule has 0 spiro atoms. The molecule has 0 aliphatic heterocycles. The number of carbonyl (C=O) groups is 1. The van der Waals surface area contributed by atoms with E-state index in [1.165, 1.54) is 11.3 Å². The van der Waals surface area contributed by atoms with Crippen LogP contribution in [0.1, 0.15) is 48.6 Å². The Morgan fingerprint density at radius 1 is 1.43 bits per heavy atom. The number of hydrogen-bond acceptors (Lipinski definition) is 4. The van der Waals surface area contributed by atoms with Gasteiger partial charge in [0, 0.05) is 5.92 Å². The zero-order valence-electron chi connectivity index (χ0n) is 12.4. The maximum absolute atomic E-state index is 11.4. The minimum Gasteiger partial charge on any atom is -0.494 e. The summed E-state index contributed by atoms with van der Waals surface area (Å²) in [5, 5.41) is 10.2. The van der Waals surface area contributed by atoms with Gasteiger partial charge in [0.15, 0.2) is 5.69 Å². The molecule has 0 aliphatic carbocycles. The maximum atomic E-state index is 11.4. The molecule has 0 saturated heterocycles. The fourth-order valence-corrected chi connectivity index (χ4v) is 2.93. The summed E-state index contributed by atoms with van der Waals surface area (Å²) in [6, 6.07) is 7.52. The number of hydrogen-bond donors (Lipinski definition) is 1. The maximum Gasteiger partial charge on any atom is 0.356 e. The predicted octanol–water partition coefficient (Wildman–Crippen LogP) is 4.42. The summed E-state index contributed by atoms with van der Waals surface area (Å²) in [6.07, 6.45) is 0.933. The van der Waals surface area contributed by atoms with Crippen LogP contribution in [0.15, 0.2) is 24.3 Å². The van der Waals surface area contributed by atoms with Gasteiger partial charge >= 0.3 is 5.97 Å². The average molecular weight is 305 g/mol. The molecule has 1 N–H and O–H groups in total. The minimum atomic E-state index is -0.993. The Morgan fingerprint density at radius 3 is 2.81 bits per heavy atom. The van der Waals surface area contributed by atoms with E-state index < -0.39 is 5.97 Å². The standard InChI is InChI=1S/C16H19NO3S/c1-4-8-20-12-7-5-6-11(9-12)14-13(16(18)19)17-15(21-14)10(2)3/h5-7,9-10H,4,8H2,1-3H3,(H,18,19). The number of rotatable bonds is 6. The van der Waals surface area contributed by atoms with Crippen LogP contribution >= 0.6 is 11.3 Å². The van der Waals surface area contributed by atoms with Crippen molar-refractivity contribution in [2.75, 3.05) is 6.61 Å². The lowest BCUT2D eigenvalue weighted by Gasteiger charge is -2.06. The van der Waals surface area contributed by atoms with Gasteiger partial charge in [-0.1, -0.05) is 32.9 Å². The molecule has 0 saturated carbocycles. The van der Waals surface area contributed by atoms with Crippen molar-refractivity contribution in [2.45, 2.75) is 33.1 Å². The molecule has 2 aromatic rings. The van der Waals surface area contributed by atoms with Crippen molar-refractivity contribution >= 4 is 17.3 Å². The Kier molecular flexibility index (Phi) is 4.96. The van der Waals surface area contributed by atoms with Gasteiger partial charge < -0.3 is 9.84 Å². The molecule has 0 fully saturated rings. The van der Waals surface area contributed by atoms with Gasteiger partial charge in [-0.2, -0.15) is 0 Å². The minimum absolute atomic E-state index is 0.122. The first-order valence-corrected chi connectivity index (χ1v) is 7.81. The third-order valence-corrected chi connectivity index (χ3v) is 4.31. The molecule has 0 radical (unpaired) electrons. The highest BCUT2D eigenvalue weighted by Crippen LogP contribution is 2.35. The van der Waals surface area contributed by atoms with Gasteiger partial charge in [0.2, 0.25) is 0 Å².